The van der Waals surface area contributed by atoms with Crippen molar-refractivity contribution in [2.75, 3.05) is 13.1 Å². The SMILES string of the molecule is NC(=O)C1CCN(S(=O)(=O)c2ccc(C(=O)O)s2)CC1. The normalized spacial score (nSPS) is 18.0. The first-order valence-electron chi connectivity index (χ1n) is 5.95. The molecule has 7 nitrogen and oxygen atoms in total. The minimum Gasteiger partial charge on any atom is -0.477 e. The van der Waals surface area contributed by atoms with Crippen LogP contribution in [0.5, 0.6) is 0 Å². The van der Waals surface area contributed by atoms with E-state index in [2.05, 4.69) is 0 Å². The predicted octanol–water partition coefficient (Wildman–Crippen LogP) is 0.332. The van der Waals surface area contributed by atoms with Crippen LogP contribution in [0.25, 0.3) is 0 Å². The molecular formula is C11H14N2O5S2. The second-order valence-corrected chi connectivity index (χ2v) is 7.75. The van der Waals surface area contributed by atoms with Crippen molar-refractivity contribution in [2.45, 2.75) is 17.1 Å². The van der Waals surface area contributed by atoms with Crippen LogP contribution in [-0.2, 0) is 14.8 Å². The Morgan fingerprint density at radius 2 is 1.90 bits per heavy atom. The number of carboxylic acids is 1. The molecule has 9 heteroatoms. The third-order valence-electron chi connectivity index (χ3n) is 3.24. The molecule has 2 heterocycles. The van der Waals surface area contributed by atoms with Crippen molar-refractivity contribution < 1.29 is 23.1 Å². The van der Waals surface area contributed by atoms with Crippen LogP contribution in [0.3, 0.4) is 0 Å². The van der Waals surface area contributed by atoms with Gasteiger partial charge in [0.15, 0.2) is 0 Å². The Hall–Kier alpha value is -1.45. The smallest absolute Gasteiger partial charge is 0.345 e. The number of carbonyl (C=O) groups excluding carboxylic acids is 1. The summed E-state index contributed by atoms with van der Waals surface area (Å²) < 4.78 is 25.9. The Morgan fingerprint density at radius 3 is 2.35 bits per heavy atom. The van der Waals surface area contributed by atoms with Gasteiger partial charge in [-0.05, 0) is 25.0 Å². The van der Waals surface area contributed by atoms with Crippen LogP contribution in [0.1, 0.15) is 22.5 Å². The zero-order valence-electron chi connectivity index (χ0n) is 10.5. The quantitative estimate of drug-likeness (QED) is 0.829. The first-order valence-corrected chi connectivity index (χ1v) is 8.20. The van der Waals surface area contributed by atoms with Crippen molar-refractivity contribution in [3.63, 3.8) is 0 Å². The maximum absolute atomic E-state index is 12.3. The molecule has 1 fully saturated rings. The highest BCUT2D eigenvalue weighted by atomic mass is 32.2. The highest BCUT2D eigenvalue weighted by Crippen LogP contribution is 2.28. The van der Waals surface area contributed by atoms with Gasteiger partial charge in [-0.15, -0.1) is 11.3 Å². The molecular weight excluding hydrogens is 304 g/mol. The molecule has 1 amide bonds. The zero-order chi connectivity index (χ0) is 14.9. The van der Waals surface area contributed by atoms with Crippen molar-refractivity contribution in [3.05, 3.63) is 17.0 Å². The number of carboxylic acid groups (broad SMARTS) is 1. The number of thiophene rings is 1. The number of carbonyl (C=O) groups is 2. The van der Waals surface area contributed by atoms with E-state index < -0.39 is 21.9 Å². The summed E-state index contributed by atoms with van der Waals surface area (Å²) in [4.78, 5) is 21.8. The Morgan fingerprint density at radius 1 is 1.30 bits per heavy atom. The molecule has 0 aliphatic carbocycles. The summed E-state index contributed by atoms with van der Waals surface area (Å²) in [6.45, 7) is 0.437. The average Bonchev–Trinajstić information content (AvgIpc) is 2.89. The highest BCUT2D eigenvalue weighted by molar-refractivity contribution is 7.91. The number of primary amides is 1. The fraction of sp³-hybridized carbons (Fsp3) is 0.455. The Balaban J connectivity index is 2.15. The van der Waals surface area contributed by atoms with E-state index in [0.29, 0.717) is 12.8 Å². The van der Waals surface area contributed by atoms with Gasteiger partial charge < -0.3 is 10.8 Å². The lowest BCUT2D eigenvalue weighted by Gasteiger charge is -2.29. The summed E-state index contributed by atoms with van der Waals surface area (Å²) in [5.74, 6) is -1.85. The van der Waals surface area contributed by atoms with Crippen molar-refractivity contribution in [1.29, 1.82) is 0 Å². The van der Waals surface area contributed by atoms with Gasteiger partial charge in [0, 0.05) is 19.0 Å². The average molecular weight is 318 g/mol. The molecule has 0 radical (unpaired) electrons. The lowest BCUT2D eigenvalue weighted by molar-refractivity contribution is -0.122. The van der Waals surface area contributed by atoms with Crippen molar-refractivity contribution in [3.8, 4) is 0 Å². The van der Waals surface area contributed by atoms with E-state index in [0.717, 1.165) is 11.3 Å². The molecule has 0 atom stereocenters. The van der Waals surface area contributed by atoms with Crippen LogP contribution in [0.2, 0.25) is 0 Å². The first kappa shape index (κ1) is 14.9. The van der Waals surface area contributed by atoms with E-state index in [1.54, 1.807) is 0 Å². The van der Waals surface area contributed by atoms with E-state index >= 15 is 0 Å². The molecule has 1 aromatic rings. The third kappa shape index (κ3) is 2.84. The van der Waals surface area contributed by atoms with Crippen LogP contribution in [-0.4, -0.2) is 42.8 Å². The van der Waals surface area contributed by atoms with Gasteiger partial charge in [0.05, 0.1) is 0 Å². The predicted molar refractivity (Wildman–Crippen MR) is 72.0 cm³/mol. The second-order valence-electron chi connectivity index (χ2n) is 4.50. The Kier molecular flexibility index (Phi) is 4.11. The van der Waals surface area contributed by atoms with E-state index in [4.69, 9.17) is 10.8 Å². The van der Waals surface area contributed by atoms with Gasteiger partial charge in [0.25, 0.3) is 10.0 Å². The molecule has 0 unspecified atom stereocenters. The van der Waals surface area contributed by atoms with Gasteiger partial charge in [-0.3, -0.25) is 4.79 Å². The van der Waals surface area contributed by atoms with Crippen LogP contribution < -0.4 is 5.73 Å². The van der Waals surface area contributed by atoms with Gasteiger partial charge in [-0.1, -0.05) is 0 Å². The number of amides is 1. The summed E-state index contributed by atoms with van der Waals surface area (Å²) in [5, 5.41) is 8.82. The summed E-state index contributed by atoms with van der Waals surface area (Å²) in [6.07, 6.45) is 0.789. The number of hydrogen-bond donors (Lipinski definition) is 2. The fourth-order valence-corrected chi connectivity index (χ4v) is 4.85. The maximum atomic E-state index is 12.3. The molecule has 1 aliphatic heterocycles. The largest absolute Gasteiger partial charge is 0.477 e. The number of rotatable bonds is 4. The van der Waals surface area contributed by atoms with Crippen LogP contribution >= 0.6 is 11.3 Å². The molecule has 20 heavy (non-hydrogen) atoms. The molecule has 3 N–H and O–H groups in total. The molecule has 0 spiro atoms. The highest BCUT2D eigenvalue weighted by Gasteiger charge is 2.32. The van der Waals surface area contributed by atoms with Gasteiger partial charge in [-0.2, -0.15) is 4.31 Å². The first-order chi connectivity index (χ1) is 9.32. The Bertz CT molecular complexity index is 629. The van der Waals surface area contributed by atoms with Crippen molar-refractivity contribution >= 4 is 33.2 Å². The standard InChI is InChI=1S/C11H14N2O5S2/c12-10(14)7-3-5-13(6-4-7)20(17,18)9-2-1-8(19-9)11(15)16/h1-2,7H,3-6H2,(H2,12,14)(H,15,16). The molecule has 0 bridgehead atoms. The van der Waals surface area contributed by atoms with E-state index in [9.17, 15) is 18.0 Å². The summed E-state index contributed by atoms with van der Waals surface area (Å²) in [7, 11) is -3.69. The third-order valence-corrected chi connectivity index (χ3v) is 6.68. The van der Waals surface area contributed by atoms with Gasteiger partial charge in [0.1, 0.15) is 9.09 Å². The lowest BCUT2D eigenvalue weighted by atomic mass is 9.98. The molecule has 2 rings (SSSR count). The Labute approximate surface area is 120 Å². The van der Waals surface area contributed by atoms with E-state index in [-0.39, 0.29) is 28.1 Å². The number of hydrogen-bond acceptors (Lipinski definition) is 5. The number of sulfonamides is 1. The summed E-state index contributed by atoms with van der Waals surface area (Å²) in [6, 6.07) is 2.57. The van der Waals surface area contributed by atoms with E-state index in [1.807, 2.05) is 0 Å². The fourth-order valence-electron chi connectivity index (χ4n) is 2.08. The summed E-state index contributed by atoms with van der Waals surface area (Å²) >= 11 is 0.728. The van der Waals surface area contributed by atoms with Gasteiger partial charge >= 0.3 is 5.97 Å². The van der Waals surface area contributed by atoms with Crippen LogP contribution in [0, 0.1) is 5.92 Å². The van der Waals surface area contributed by atoms with Crippen molar-refractivity contribution in [1.82, 2.24) is 4.31 Å². The second kappa shape index (κ2) is 5.51. The van der Waals surface area contributed by atoms with Gasteiger partial charge in [0.2, 0.25) is 5.91 Å². The minimum absolute atomic E-state index is 0.00688. The monoisotopic (exact) mass is 318 g/mol. The zero-order valence-corrected chi connectivity index (χ0v) is 12.1. The molecule has 1 aromatic heterocycles. The van der Waals surface area contributed by atoms with Crippen LogP contribution in [0.4, 0.5) is 0 Å². The minimum atomic E-state index is -3.69. The number of aromatic carboxylic acids is 1. The maximum Gasteiger partial charge on any atom is 0.345 e. The lowest BCUT2D eigenvalue weighted by Crippen LogP contribution is -2.41. The number of piperidine rings is 1. The topological polar surface area (TPSA) is 118 Å². The molecule has 110 valence electrons. The van der Waals surface area contributed by atoms with Crippen molar-refractivity contribution in [2.24, 2.45) is 11.7 Å². The number of nitrogens with zero attached hydrogens (tertiary/aromatic N) is 1. The van der Waals surface area contributed by atoms with E-state index in [1.165, 1.54) is 16.4 Å². The van der Waals surface area contributed by atoms with Crippen LogP contribution in [0.15, 0.2) is 16.3 Å². The number of nitrogens with two attached hydrogens (primary N) is 1. The molecule has 0 saturated carbocycles. The van der Waals surface area contributed by atoms with Gasteiger partial charge in [-0.25, -0.2) is 13.2 Å². The molecule has 1 saturated heterocycles. The molecule has 0 aromatic carbocycles. The molecule has 1 aliphatic rings. The summed E-state index contributed by atoms with van der Waals surface area (Å²) in [5.41, 5.74) is 5.20.